The van der Waals surface area contributed by atoms with Crippen molar-refractivity contribution in [1.29, 1.82) is 0 Å². The highest BCUT2D eigenvalue weighted by atomic mass is 16.6. The van der Waals surface area contributed by atoms with Crippen LogP contribution in [0, 0.1) is 13.8 Å². The van der Waals surface area contributed by atoms with Crippen LogP contribution in [0.25, 0.3) is 0 Å². The van der Waals surface area contributed by atoms with Crippen molar-refractivity contribution in [1.82, 2.24) is 15.5 Å². The van der Waals surface area contributed by atoms with E-state index in [1.54, 1.807) is 25.7 Å². The number of ether oxygens (including phenoxy) is 1. The van der Waals surface area contributed by atoms with Crippen LogP contribution in [0.3, 0.4) is 0 Å². The number of hydrogen-bond donors (Lipinski definition) is 2. The zero-order valence-electron chi connectivity index (χ0n) is 27.9. The second kappa shape index (κ2) is 17.2. The third-order valence-electron chi connectivity index (χ3n) is 8.30. The molecule has 2 aromatic rings. The molecule has 2 atom stereocenters. The van der Waals surface area contributed by atoms with E-state index in [2.05, 4.69) is 17.6 Å². The third kappa shape index (κ3) is 11.3. The summed E-state index contributed by atoms with van der Waals surface area (Å²) in [5.41, 5.74) is 3.02. The Morgan fingerprint density at radius 1 is 0.932 bits per heavy atom. The maximum Gasteiger partial charge on any atom is 0.408 e. The van der Waals surface area contributed by atoms with Gasteiger partial charge in [-0.25, -0.2) is 4.79 Å². The Morgan fingerprint density at radius 3 is 2.27 bits per heavy atom. The first-order chi connectivity index (χ1) is 21.0. The molecule has 0 radical (unpaired) electrons. The molecule has 7 heteroatoms. The average Bonchev–Trinajstić information content (AvgIpc) is 2.97. The molecular formula is C37H55N3O4. The molecule has 0 aromatic heterocycles. The number of nitrogens with zero attached hydrogens (tertiary/aromatic N) is 1. The highest BCUT2D eigenvalue weighted by Crippen LogP contribution is 2.29. The predicted molar refractivity (Wildman–Crippen MR) is 177 cm³/mol. The Labute approximate surface area is 265 Å². The van der Waals surface area contributed by atoms with Gasteiger partial charge in [0.1, 0.15) is 17.7 Å². The third-order valence-corrected chi connectivity index (χ3v) is 8.30. The van der Waals surface area contributed by atoms with Gasteiger partial charge in [0, 0.05) is 19.0 Å². The molecule has 1 fully saturated rings. The van der Waals surface area contributed by atoms with E-state index in [1.807, 2.05) is 62.4 Å². The molecule has 0 heterocycles. The van der Waals surface area contributed by atoms with Gasteiger partial charge in [0.25, 0.3) is 0 Å². The lowest BCUT2D eigenvalue weighted by Gasteiger charge is -2.36. The molecule has 3 amide bonds. The first kappa shape index (κ1) is 35.1. The van der Waals surface area contributed by atoms with Crippen LogP contribution >= 0.6 is 0 Å². The first-order valence-corrected chi connectivity index (χ1v) is 16.7. The molecule has 0 bridgehead atoms. The summed E-state index contributed by atoms with van der Waals surface area (Å²) in [5, 5.41) is 6.21. The summed E-state index contributed by atoms with van der Waals surface area (Å²) in [5.74, 6) is -0.428. The van der Waals surface area contributed by atoms with Gasteiger partial charge in [0.15, 0.2) is 0 Å². The lowest BCUT2D eigenvalue weighted by molar-refractivity contribution is -0.143. The predicted octanol–water partition coefficient (Wildman–Crippen LogP) is 7.73. The quantitative estimate of drug-likeness (QED) is 0.216. The Bertz CT molecular complexity index is 1200. The van der Waals surface area contributed by atoms with Gasteiger partial charge in [-0.15, -0.1) is 0 Å². The number of hydrogen-bond acceptors (Lipinski definition) is 4. The number of carbonyl (C=O) groups is 3. The van der Waals surface area contributed by atoms with E-state index in [0.29, 0.717) is 6.54 Å². The van der Waals surface area contributed by atoms with Crippen molar-refractivity contribution in [3.63, 3.8) is 0 Å². The van der Waals surface area contributed by atoms with Crippen molar-refractivity contribution in [2.45, 2.75) is 136 Å². The zero-order chi connectivity index (χ0) is 32.1. The van der Waals surface area contributed by atoms with Gasteiger partial charge in [-0.1, -0.05) is 106 Å². The molecule has 2 unspecified atom stereocenters. The van der Waals surface area contributed by atoms with Gasteiger partial charge in [0.05, 0.1) is 0 Å². The highest BCUT2D eigenvalue weighted by Gasteiger charge is 2.37. The molecule has 0 aliphatic heterocycles. The van der Waals surface area contributed by atoms with Gasteiger partial charge in [-0.05, 0) is 70.6 Å². The summed E-state index contributed by atoms with van der Waals surface area (Å²) in [6.45, 7) is 12.0. The average molecular weight is 606 g/mol. The Kier molecular flexibility index (Phi) is 13.7. The second-order valence-corrected chi connectivity index (χ2v) is 13.4. The van der Waals surface area contributed by atoms with Gasteiger partial charge in [0.2, 0.25) is 11.8 Å². The summed E-state index contributed by atoms with van der Waals surface area (Å²) < 4.78 is 5.59. The Balaban J connectivity index is 2.04. The van der Waals surface area contributed by atoms with E-state index in [4.69, 9.17) is 4.74 Å². The largest absolute Gasteiger partial charge is 0.444 e. The maximum atomic E-state index is 14.8. The van der Waals surface area contributed by atoms with Crippen molar-refractivity contribution < 1.29 is 19.1 Å². The summed E-state index contributed by atoms with van der Waals surface area (Å²) in [4.78, 5) is 43.9. The van der Waals surface area contributed by atoms with Gasteiger partial charge in [-0.2, -0.15) is 0 Å². The molecule has 1 aliphatic rings. The van der Waals surface area contributed by atoms with E-state index >= 15 is 0 Å². The van der Waals surface area contributed by atoms with Gasteiger partial charge < -0.3 is 20.3 Å². The number of amides is 3. The van der Waals surface area contributed by atoms with E-state index in [-0.39, 0.29) is 24.3 Å². The van der Waals surface area contributed by atoms with Crippen molar-refractivity contribution in [3.05, 3.63) is 70.8 Å². The molecule has 7 nitrogen and oxygen atoms in total. The molecule has 1 saturated carbocycles. The fourth-order valence-corrected chi connectivity index (χ4v) is 5.98. The first-order valence-electron chi connectivity index (χ1n) is 16.7. The van der Waals surface area contributed by atoms with E-state index < -0.39 is 23.8 Å². The minimum absolute atomic E-state index is 0.102. The van der Waals surface area contributed by atoms with Crippen LogP contribution in [0.5, 0.6) is 0 Å². The molecule has 0 saturated heterocycles. The van der Waals surface area contributed by atoms with Crippen LogP contribution < -0.4 is 10.6 Å². The molecule has 242 valence electrons. The standard InChI is InChI=1S/C37H55N3O4/c1-7-8-9-10-17-24-40(35(42)32(26-29-18-13-11-14-19-29)39-36(43)44-37(4,5)6)33(31-25-27(2)22-23-28(31)3)34(41)38-30-20-15-12-16-21-30/h11,13-14,18-19,22-23,25,30,32-33H,7-10,12,15-17,20-21,24,26H2,1-6H3,(H,38,41)(H,39,43). The van der Waals surface area contributed by atoms with Crippen LogP contribution in [0.1, 0.15) is 120 Å². The van der Waals surface area contributed by atoms with E-state index in [1.165, 1.54) is 6.42 Å². The minimum Gasteiger partial charge on any atom is -0.444 e. The number of nitrogens with one attached hydrogen (secondary N) is 2. The maximum absolute atomic E-state index is 14.8. The molecule has 3 rings (SSSR count). The molecular weight excluding hydrogens is 550 g/mol. The van der Waals surface area contributed by atoms with Crippen LogP contribution in [0.2, 0.25) is 0 Å². The fourth-order valence-electron chi connectivity index (χ4n) is 5.98. The summed E-state index contributed by atoms with van der Waals surface area (Å²) in [6.07, 6.45) is 9.98. The molecule has 2 aromatic carbocycles. The number of rotatable bonds is 14. The minimum atomic E-state index is -0.905. The summed E-state index contributed by atoms with van der Waals surface area (Å²) >= 11 is 0. The molecule has 44 heavy (non-hydrogen) atoms. The molecule has 1 aliphatic carbocycles. The Hall–Kier alpha value is -3.35. The number of benzene rings is 2. The van der Waals surface area contributed by atoms with Crippen LogP contribution in [-0.2, 0) is 20.7 Å². The molecule has 2 N–H and O–H groups in total. The zero-order valence-corrected chi connectivity index (χ0v) is 27.9. The van der Waals surface area contributed by atoms with Crippen molar-refractivity contribution in [2.75, 3.05) is 6.54 Å². The SMILES string of the molecule is CCCCCCCN(C(=O)C(Cc1ccccc1)NC(=O)OC(C)(C)C)C(C(=O)NC1CCCCC1)c1cc(C)ccc1C. The van der Waals surface area contributed by atoms with Gasteiger partial charge in [-0.3, -0.25) is 9.59 Å². The number of alkyl carbamates (subject to hydrolysis) is 1. The monoisotopic (exact) mass is 605 g/mol. The lowest BCUT2D eigenvalue weighted by Crippen LogP contribution is -2.55. The van der Waals surface area contributed by atoms with Crippen LogP contribution in [0.15, 0.2) is 48.5 Å². The molecule has 0 spiro atoms. The van der Waals surface area contributed by atoms with Crippen LogP contribution in [-0.4, -0.2) is 47.0 Å². The summed E-state index contributed by atoms with van der Waals surface area (Å²) in [6, 6.07) is 14.1. The highest BCUT2D eigenvalue weighted by molar-refractivity contribution is 5.92. The van der Waals surface area contributed by atoms with Crippen molar-refractivity contribution in [2.24, 2.45) is 0 Å². The van der Waals surface area contributed by atoms with E-state index in [0.717, 1.165) is 80.0 Å². The Morgan fingerprint density at radius 2 is 1.61 bits per heavy atom. The topological polar surface area (TPSA) is 87.7 Å². The lowest BCUT2D eigenvalue weighted by atomic mass is 9.92. The van der Waals surface area contributed by atoms with Crippen molar-refractivity contribution in [3.8, 4) is 0 Å². The number of carbonyl (C=O) groups excluding carboxylic acids is 3. The summed E-state index contributed by atoms with van der Waals surface area (Å²) in [7, 11) is 0. The second-order valence-electron chi connectivity index (χ2n) is 13.4. The van der Waals surface area contributed by atoms with Gasteiger partial charge >= 0.3 is 6.09 Å². The fraction of sp³-hybridized carbons (Fsp3) is 0.595. The van der Waals surface area contributed by atoms with E-state index in [9.17, 15) is 14.4 Å². The normalized spacial score (nSPS) is 15.2. The smallest absolute Gasteiger partial charge is 0.408 e. The van der Waals surface area contributed by atoms with Crippen molar-refractivity contribution >= 4 is 17.9 Å². The number of aryl methyl sites for hydroxylation is 2. The number of unbranched alkanes of at least 4 members (excludes halogenated alkanes) is 4. The van der Waals surface area contributed by atoms with Crippen LogP contribution in [0.4, 0.5) is 4.79 Å².